The first kappa shape index (κ1) is 26.9. The molecule has 1 amide bonds. The van der Waals surface area contributed by atoms with Crippen LogP contribution in [0.5, 0.6) is 5.75 Å². The summed E-state index contributed by atoms with van der Waals surface area (Å²) in [5.41, 5.74) is 2.41. The number of halogens is 1. The Labute approximate surface area is 223 Å². The lowest BCUT2D eigenvalue weighted by molar-refractivity contribution is 0.0873. The topological polar surface area (TPSA) is 106 Å². The minimum absolute atomic E-state index is 0.0595. The predicted molar refractivity (Wildman–Crippen MR) is 147 cm³/mol. The second-order valence-corrected chi connectivity index (χ2v) is 11.6. The number of anilines is 2. The van der Waals surface area contributed by atoms with Gasteiger partial charge in [-0.05, 0) is 72.6 Å². The molecular weight excluding hydrogens is 490 g/mol. The van der Waals surface area contributed by atoms with Crippen LogP contribution in [0.1, 0.15) is 70.8 Å². The van der Waals surface area contributed by atoms with Crippen LogP contribution < -0.4 is 20.7 Å². The van der Waals surface area contributed by atoms with Crippen LogP contribution in [0.25, 0.3) is 11.3 Å². The van der Waals surface area contributed by atoms with Crippen LogP contribution in [0, 0.1) is 0 Å². The van der Waals surface area contributed by atoms with Crippen molar-refractivity contribution in [3.8, 4) is 17.0 Å². The van der Waals surface area contributed by atoms with E-state index in [9.17, 15) is 4.79 Å². The van der Waals surface area contributed by atoms with Crippen LogP contribution in [0.15, 0.2) is 36.8 Å². The van der Waals surface area contributed by atoms with Gasteiger partial charge in [0.05, 0.1) is 35.9 Å². The van der Waals surface area contributed by atoms with Gasteiger partial charge in [0.15, 0.2) is 0 Å². The summed E-state index contributed by atoms with van der Waals surface area (Å²) in [5.74, 6) is 0.730. The second-order valence-electron chi connectivity index (χ2n) is 11.2. The third kappa shape index (κ3) is 6.40. The summed E-state index contributed by atoms with van der Waals surface area (Å²) in [5, 5.41) is 14.8. The van der Waals surface area contributed by atoms with Crippen molar-refractivity contribution in [2.45, 2.75) is 77.5 Å². The molecule has 1 aliphatic heterocycles. The average molecular weight is 526 g/mol. The van der Waals surface area contributed by atoms with Gasteiger partial charge in [0.1, 0.15) is 5.75 Å². The number of amides is 1. The number of aromatic nitrogens is 4. The lowest BCUT2D eigenvalue weighted by atomic mass is 9.79. The van der Waals surface area contributed by atoms with Gasteiger partial charge in [-0.15, -0.1) is 0 Å². The van der Waals surface area contributed by atoms with Gasteiger partial charge in [-0.2, -0.15) is 5.10 Å². The van der Waals surface area contributed by atoms with Gasteiger partial charge in [0.25, 0.3) is 5.91 Å². The highest BCUT2D eigenvalue weighted by molar-refractivity contribution is 6.32. The number of ether oxygens (including phenoxy) is 1. The summed E-state index contributed by atoms with van der Waals surface area (Å²) < 4.78 is 7.43. The molecular formula is C27H36ClN7O2. The van der Waals surface area contributed by atoms with Gasteiger partial charge < -0.3 is 20.7 Å². The zero-order valence-corrected chi connectivity index (χ0v) is 23.3. The van der Waals surface area contributed by atoms with Crippen LogP contribution in [0.2, 0.25) is 5.02 Å². The molecule has 0 spiro atoms. The smallest absolute Gasteiger partial charge is 0.251 e. The molecule has 1 fully saturated rings. The van der Waals surface area contributed by atoms with Crippen molar-refractivity contribution >= 4 is 29.1 Å². The Kier molecular flexibility index (Phi) is 7.48. The maximum absolute atomic E-state index is 13.1. The number of carbonyl (C=O) groups excluding carboxylic acids is 1. The number of nitrogens with one attached hydrogen (secondary N) is 3. The molecule has 198 valence electrons. The van der Waals surface area contributed by atoms with E-state index >= 15 is 0 Å². The van der Waals surface area contributed by atoms with Crippen molar-refractivity contribution in [2.75, 3.05) is 12.4 Å². The lowest BCUT2D eigenvalue weighted by Gasteiger charge is -2.46. The largest absolute Gasteiger partial charge is 0.495 e. The number of hydrogen-bond acceptors (Lipinski definition) is 7. The number of rotatable bonds is 7. The van der Waals surface area contributed by atoms with E-state index in [1.54, 1.807) is 37.7 Å². The molecule has 3 aromatic rings. The van der Waals surface area contributed by atoms with Crippen LogP contribution in [-0.4, -0.2) is 49.9 Å². The molecule has 10 heteroatoms. The van der Waals surface area contributed by atoms with E-state index in [1.165, 1.54) is 0 Å². The lowest BCUT2D eigenvalue weighted by Crippen LogP contribution is -2.62. The zero-order chi connectivity index (χ0) is 27.0. The van der Waals surface area contributed by atoms with Crippen LogP contribution in [-0.2, 0) is 0 Å². The molecule has 4 rings (SSSR count). The van der Waals surface area contributed by atoms with E-state index in [2.05, 4.69) is 72.6 Å². The Morgan fingerprint density at radius 2 is 1.89 bits per heavy atom. The molecule has 0 aliphatic carbocycles. The Balaban J connectivity index is 1.52. The molecule has 0 unspecified atom stereocenters. The Bertz CT molecular complexity index is 1270. The predicted octanol–water partition coefficient (Wildman–Crippen LogP) is 5.37. The maximum Gasteiger partial charge on any atom is 0.251 e. The summed E-state index contributed by atoms with van der Waals surface area (Å²) in [6, 6.07) is 5.57. The highest BCUT2D eigenvalue weighted by Gasteiger charge is 2.38. The van der Waals surface area contributed by atoms with Gasteiger partial charge in [0, 0.05) is 40.5 Å². The van der Waals surface area contributed by atoms with Gasteiger partial charge in [-0.25, -0.2) is 9.97 Å². The van der Waals surface area contributed by atoms with Crippen molar-refractivity contribution in [1.82, 2.24) is 30.4 Å². The van der Waals surface area contributed by atoms with E-state index in [0.717, 1.165) is 18.4 Å². The second kappa shape index (κ2) is 10.3. The van der Waals surface area contributed by atoms with Gasteiger partial charge in [-0.1, -0.05) is 11.6 Å². The minimum Gasteiger partial charge on any atom is -0.495 e. The third-order valence-corrected chi connectivity index (χ3v) is 6.66. The first-order valence-corrected chi connectivity index (χ1v) is 12.9. The van der Waals surface area contributed by atoms with Crippen molar-refractivity contribution in [1.29, 1.82) is 0 Å². The van der Waals surface area contributed by atoms with Gasteiger partial charge in [-0.3, -0.25) is 9.48 Å². The van der Waals surface area contributed by atoms with E-state index in [-0.39, 0.29) is 29.1 Å². The normalized spacial score (nSPS) is 17.0. The van der Waals surface area contributed by atoms with Crippen LogP contribution in [0.4, 0.5) is 11.6 Å². The van der Waals surface area contributed by atoms with Gasteiger partial charge in [0.2, 0.25) is 5.95 Å². The van der Waals surface area contributed by atoms with Crippen molar-refractivity contribution in [3.05, 3.63) is 47.4 Å². The fourth-order valence-electron chi connectivity index (χ4n) is 5.12. The molecule has 3 N–H and O–H groups in total. The van der Waals surface area contributed by atoms with Crippen molar-refractivity contribution < 1.29 is 9.53 Å². The summed E-state index contributed by atoms with van der Waals surface area (Å²) >= 11 is 6.39. The number of hydrogen-bond donors (Lipinski definition) is 3. The quantitative estimate of drug-likeness (QED) is 0.381. The molecule has 0 atom stereocenters. The standard InChI is InChI=1S/C27H36ClN7O2/c1-16(2)35-15-18(13-30-35)23-20(28)14-29-25(33-23)32-21-9-8-17(10-22(21)37-7)24(36)31-19-11-26(3,4)34-27(5,6)12-19/h8-10,13-16,19,34H,11-12H2,1-7H3,(H,31,36)(H,29,32,33). The number of carbonyl (C=O) groups is 1. The molecule has 2 aromatic heterocycles. The van der Waals surface area contributed by atoms with E-state index in [1.807, 2.05) is 10.9 Å². The average Bonchev–Trinajstić information content (AvgIpc) is 3.29. The fraction of sp³-hybridized carbons (Fsp3) is 0.481. The first-order valence-electron chi connectivity index (χ1n) is 12.5. The maximum atomic E-state index is 13.1. The molecule has 1 aliphatic rings. The Morgan fingerprint density at radius 3 is 2.51 bits per heavy atom. The molecule has 0 bridgehead atoms. The first-order chi connectivity index (χ1) is 17.4. The molecule has 0 saturated carbocycles. The van der Waals surface area contributed by atoms with E-state index in [4.69, 9.17) is 16.3 Å². The molecule has 3 heterocycles. The highest BCUT2D eigenvalue weighted by atomic mass is 35.5. The number of nitrogens with zero attached hydrogens (tertiary/aromatic N) is 4. The Hall–Kier alpha value is -3.17. The monoisotopic (exact) mass is 525 g/mol. The molecule has 37 heavy (non-hydrogen) atoms. The highest BCUT2D eigenvalue weighted by Crippen LogP contribution is 2.32. The summed E-state index contributed by atoms with van der Waals surface area (Å²) in [4.78, 5) is 22.0. The number of benzene rings is 1. The fourth-order valence-corrected chi connectivity index (χ4v) is 5.32. The number of methoxy groups -OCH3 is 1. The third-order valence-electron chi connectivity index (χ3n) is 6.38. The minimum atomic E-state index is -0.129. The summed E-state index contributed by atoms with van der Waals surface area (Å²) in [6.07, 6.45) is 6.89. The van der Waals surface area contributed by atoms with E-state index in [0.29, 0.717) is 33.7 Å². The molecule has 0 radical (unpaired) electrons. The van der Waals surface area contributed by atoms with Crippen molar-refractivity contribution in [3.63, 3.8) is 0 Å². The van der Waals surface area contributed by atoms with Crippen LogP contribution >= 0.6 is 11.6 Å². The SMILES string of the molecule is COc1cc(C(=O)NC2CC(C)(C)NC(C)(C)C2)ccc1Nc1ncc(Cl)c(-c2cnn(C(C)C)c2)n1. The van der Waals surface area contributed by atoms with Crippen LogP contribution in [0.3, 0.4) is 0 Å². The number of piperidine rings is 1. The zero-order valence-electron chi connectivity index (χ0n) is 22.5. The summed E-state index contributed by atoms with van der Waals surface area (Å²) in [7, 11) is 1.56. The molecule has 9 nitrogen and oxygen atoms in total. The molecule has 1 saturated heterocycles. The molecule has 1 aromatic carbocycles. The Morgan fingerprint density at radius 1 is 1.19 bits per heavy atom. The van der Waals surface area contributed by atoms with Crippen molar-refractivity contribution in [2.24, 2.45) is 0 Å². The summed E-state index contributed by atoms with van der Waals surface area (Å²) in [6.45, 7) is 12.8. The van der Waals surface area contributed by atoms with Gasteiger partial charge >= 0.3 is 0 Å². The van der Waals surface area contributed by atoms with E-state index < -0.39 is 0 Å².